The lowest BCUT2D eigenvalue weighted by atomic mass is 9.89. The molecule has 2 heteroatoms. The van der Waals surface area contributed by atoms with E-state index in [1.807, 2.05) is 12.3 Å². The second kappa shape index (κ2) is 10.5. The van der Waals surface area contributed by atoms with Gasteiger partial charge in [-0.05, 0) is 56.5 Å². The quantitative estimate of drug-likeness (QED) is 0.614. The van der Waals surface area contributed by atoms with Gasteiger partial charge in [0.05, 0.1) is 6.26 Å². The Morgan fingerprint density at radius 2 is 1.96 bits per heavy atom. The maximum atomic E-state index is 5.65. The first-order chi connectivity index (χ1) is 11.3. The molecule has 2 rings (SSSR count). The Morgan fingerprint density at radius 3 is 2.61 bits per heavy atom. The van der Waals surface area contributed by atoms with E-state index in [0.717, 1.165) is 25.9 Å². The van der Waals surface area contributed by atoms with Gasteiger partial charge in [-0.15, -0.1) is 12.8 Å². The Bertz CT molecular complexity index is 582. The Labute approximate surface area is 141 Å². The van der Waals surface area contributed by atoms with E-state index < -0.39 is 0 Å². The molecular weight excluding hydrogens is 282 g/mol. The van der Waals surface area contributed by atoms with E-state index in [-0.39, 0.29) is 0 Å². The normalized spacial score (nSPS) is 23.7. The summed E-state index contributed by atoms with van der Waals surface area (Å²) in [6, 6.07) is 0. The summed E-state index contributed by atoms with van der Waals surface area (Å²) in [5, 5.41) is 3.48. The minimum Gasteiger partial charge on any atom is -0.496 e. The minimum absolute atomic E-state index is 0.682. The molecule has 0 aromatic heterocycles. The van der Waals surface area contributed by atoms with E-state index in [1.165, 1.54) is 27.9 Å². The molecule has 2 aliphatic rings. The van der Waals surface area contributed by atoms with Gasteiger partial charge in [-0.25, -0.2) is 0 Å². The zero-order valence-corrected chi connectivity index (χ0v) is 14.3. The van der Waals surface area contributed by atoms with Crippen LogP contribution in [0.3, 0.4) is 0 Å². The molecule has 0 aromatic rings. The minimum atomic E-state index is 0.682. The van der Waals surface area contributed by atoms with E-state index in [9.17, 15) is 0 Å². The SMILES string of the molecule is C#C.C=C/C=C\C(=C/C)C1=COC/C1=C1/CCNCC/C1=C/C. The van der Waals surface area contributed by atoms with Crippen LogP contribution in [-0.2, 0) is 4.74 Å². The number of ether oxygens (including phenoxy) is 1. The monoisotopic (exact) mass is 309 g/mol. The maximum Gasteiger partial charge on any atom is 0.113 e. The zero-order chi connectivity index (χ0) is 17.1. The number of nitrogens with one attached hydrogen (secondary N) is 1. The zero-order valence-electron chi connectivity index (χ0n) is 14.3. The average Bonchev–Trinajstić information content (AvgIpc) is 2.95. The molecule has 0 aromatic carbocycles. The van der Waals surface area contributed by atoms with Gasteiger partial charge >= 0.3 is 0 Å². The number of hydrogen-bond acceptors (Lipinski definition) is 2. The van der Waals surface area contributed by atoms with Crippen LogP contribution in [0, 0.1) is 12.8 Å². The van der Waals surface area contributed by atoms with E-state index >= 15 is 0 Å². The fraction of sp³-hybridized carbons (Fsp3) is 0.333. The molecule has 0 saturated carbocycles. The maximum absolute atomic E-state index is 5.65. The predicted molar refractivity (Wildman–Crippen MR) is 99.9 cm³/mol. The van der Waals surface area contributed by atoms with Crippen LogP contribution < -0.4 is 5.32 Å². The third-order valence-electron chi connectivity index (χ3n) is 4.01. The third-order valence-corrected chi connectivity index (χ3v) is 4.01. The van der Waals surface area contributed by atoms with Crippen molar-refractivity contribution in [1.82, 2.24) is 5.32 Å². The van der Waals surface area contributed by atoms with Crippen LogP contribution in [0.2, 0.25) is 0 Å². The molecule has 1 N–H and O–H groups in total. The molecule has 2 heterocycles. The van der Waals surface area contributed by atoms with Gasteiger partial charge in [-0.2, -0.15) is 0 Å². The summed E-state index contributed by atoms with van der Waals surface area (Å²) in [5.74, 6) is 0. The van der Waals surface area contributed by atoms with Crippen LogP contribution in [0.4, 0.5) is 0 Å². The molecule has 0 spiro atoms. The van der Waals surface area contributed by atoms with Gasteiger partial charge < -0.3 is 10.1 Å². The molecular formula is C21H27NO. The van der Waals surface area contributed by atoms with Crippen molar-refractivity contribution >= 4 is 0 Å². The molecule has 1 saturated heterocycles. The van der Waals surface area contributed by atoms with Gasteiger partial charge in [-0.1, -0.05) is 37.0 Å². The summed E-state index contributed by atoms with van der Waals surface area (Å²) >= 11 is 0. The van der Waals surface area contributed by atoms with Crippen molar-refractivity contribution in [3.8, 4) is 12.8 Å². The Hall–Kier alpha value is -2.24. The van der Waals surface area contributed by atoms with Crippen LogP contribution in [0.1, 0.15) is 26.7 Å². The lowest BCUT2D eigenvalue weighted by Crippen LogP contribution is -2.13. The average molecular weight is 309 g/mol. The summed E-state index contributed by atoms with van der Waals surface area (Å²) in [5.41, 5.74) is 6.66. The van der Waals surface area contributed by atoms with Crippen LogP contribution in [-0.4, -0.2) is 19.7 Å². The highest BCUT2D eigenvalue weighted by Gasteiger charge is 2.22. The van der Waals surface area contributed by atoms with Crippen molar-refractivity contribution < 1.29 is 4.74 Å². The number of hydrogen-bond donors (Lipinski definition) is 1. The van der Waals surface area contributed by atoms with Crippen molar-refractivity contribution in [3.05, 3.63) is 71.1 Å². The molecule has 2 aliphatic heterocycles. The Kier molecular flexibility index (Phi) is 8.57. The van der Waals surface area contributed by atoms with Crippen LogP contribution >= 0.6 is 0 Å². The first-order valence-electron chi connectivity index (χ1n) is 8.01. The second-order valence-electron chi connectivity index (χ2n) is 5.20. The number of terminal acetylenes is 1. The third kappa shape index (κ3) is 4.87. The van der Waals surface area contributed by atoms with Crippen molar-refractivity contribution in [2.24, 2.45) is 0 Å². The van der Waals surface area contributed by atoms with Gasteiger partial charge in [0.1, 0.15) is 6.61 Å². The van der Waals surface area contributed by atoms with Crippen molar-refractivity contribution in [3.63, 3.8) is 0 Å². The van der Waals surface area contributed by atoms with Gasteiger partial charge in [0.25, 0.3) is 0 Å². The molecule has 0 aliphatic carbocycles. The molecule has 2 nitrogen and oxygen atoms in total. The first-order valence-corrected chi connectivity index (χ1v) is 8.01. The molecule has 1 fully saturated rings. The summed E-state index contributed by atoms with van der Waals surface area (Å²) in [6.45, 7) is 10.7. The highest BCUT2D eigenvalue weighted by Crippen LogP contribution is 2.34. The van der Waals surface area contributed by atoms with Gasteiger partial charge in [0.2, 0.25) is 0 Å². The predicted octanol–water partition coefficient (Wildman–Crippen LogP) is 4.46. The highest BCUT2D eigenvalue weighted by molar-refractivity contribution is 5.58. The second-order valence-corrected chi connectivity index (χ2v) is 5.20. The van der Waals surface area contributed by atoms with Crippen LogP contribution in [0.25, 0.3) is 0 Å². The summed E-state index contributed by atoms with van der Waals surface area (Å²) in [6.07, 6.45) is 22.3. The first kappa shape index (κ1) is 18.8. The van der Waals surface area contributed by atoms with E-state index in [1.54, 1.807) is 6.08 Å². The van der Waals surface area contributed by atoms with E-state index in [4.69, 9.17) is 4.74 Å². The Balaban J connectivity index is 0.00000127. The van der Waals surface area contributed by atoms with Gasteiger partial charge in [0.15, 0.2) is 0 Å². The molecule has 0 unspecified atom stereocenters. The highest BCUT2D eigenvalue weighted by atomic mass is 16.5. The molecule has 122 valence electrons. The lowest BCUT2D eigenvalue weighted by Gasteiger charge is -2.14. The summed E-state index contributed by atoms with van der Waals surface area (Å²) < 4.78 is 5.65. The number of rotatable bonds is 3. The molecule has 0 radical (unpaired) electrons. The van der Waals surface area contributed by atoms with Crippen molar-refractivity contribution in [1.29, 1.82) is 0 Å². The van der Waals surface area contributed by atoms with Crippen LogP contribution in [0.5, 0.6) is 0 Å². The molecule has 23 heavy (non-hydrogen) atoms. The molecule has 0 amide bonds. The largest absolute Gasteiger partial charge is 0.496 e. The lowest BCUT2D eigenvalue weighted by molar-refractivity contribution is 0.300. The standard InChI is InChI=1S/C19H25NO.C2H2/c1-4-7-8-15(5-2)18-13-21-14-19(18)17-10-12-20-11-9-16(17)6-3;1-2/h4-8,13,20H,1,9-12,14H2,2-3H3;1-2H/b8-7-,15-5+,16-6-,19-17+;. The fourth-order valence-corrected chi connectivity index (χ4v) is 2.90. The topological polar surface area (TPSA) is 21.3 Å². The van der Waals surface area contributed by atoms with Crippen molar-refractivity contribution in [2.45, 2.75) is 26.7 Å². The Morgan fingerprint density at radius 1 is 1.22 bits per heavy atom. The summed E-state index contributed by atoms with van der Waals surface area (Å²) in [7, 11) is 0. The summed E-state index contributed by atoms with van der Waals surface area (Å²) in [4.78, 5) is 0. The smallest absolute Gasteiger partial charge is 0.113 e. The fourth-order valence-electron chi connectivity index (χ4n) is 2.90. The number of allylic oxidation sites excluding steroid dienone is 6. The van der Waals surface area contributed by atoms with E-state index in [0.29, 0.717) is 6.61 Å². The molecule has 0 bridgehead atoms. The molecule has 0 atom stereocenters. The van der Waals surface area contributed by atoms with Crippen LogP contribution in [0.15, 0.2) is 71.1 Å². The van der Waals surface area contributed by atoms with Crippen molar-refractivity contribution in [2.75, 3.05) is 19.7 Å². The van der Waals surface area contributed by atoms with Gasteiger partial charge in [0, 0.05) is 11.1 Å². The van der Waals surface area contributed by atoms with E-state index in [2.05, 4.69) is 56.8 Å². The van der Waals surface area contributed by atoms with Gasteiger partial charge in [-0.3, -0.25) is 0 Å².